The summed E-state index contributed by atoms with van der Waals surface area (Å²) < 4.78 is 6.34. The van der Waals surface area contributed by atoms with Crippen LogP contribution in [0.4, 0.5) is 0 Å². The van der Waals surface area contributed by atoms with Crippen molar-refractivity contribution in [1.29, 1.82) is 0 Å². The van der Waals surface area contributed by atoms with Crippen LogP contribution in [0, 0.1) is 17.8 Å². The van der Waals surface area contributed by atoms with E-state index in [0.29, 0.717) is 37.1 Å². The quantitative estimate of drug-likeness (QED) is 0.722. The molecule has 6 bridgehead atoms. The van der Waals surface area contributed by atoms with E-state index in [2.05, 4.69) is 15.5 Å². The Morgan fingerprint density at radius 1 is 0.967 bits per heavy atom. The molecule has 168 valence electrons. The molecule has 0 aromatic carbocycles. The third-order valence-electron chi connectivity index (χ3n) is 8.15. The van der Waals surface area contributed by atoms with E-state index in [1.165, 1.54) is 19.3 Å². The zero-order valence-electron chi connectivity index (χ0n) is 18.9. The smallest absolute Gasteiger partial charge is 0.234 e. The summed E-state index contributed by atoms with van der Waals surface area (Å²) in [4.78, 5) is 27.8. The Labute approximate surface area is 180 Å². The molecule has 0 aromatic rings. The first-order chi connectivity index (χ1) is 14.2. The Morgan fingerprint density at radius 3 is 2.17 bits per heavy atom. The van der Waals surface area contributed by atoms with Gasteiger partial charge in [-0.3, -0.25) is 14.5 Å². The van der Waals surface area contributed by atoms with E-state index >= 15 is 0 Å². The van der Waals surface area contributed by atoms with Gasteiger partial charge < -0.3 is 15.4 Å². The highest BCUT2D eigenvalue weighted by molar-refractivity contribution is 5.79. The maximum atomic E-state index is 13.0. The van der Waals surface area contributed by atoms with Crippen LogP contribution in [0.2, 0.25) is 0 Å². The van der Waals surface area contributed by atoms with Crippen molar-refractivity contribution in [2.45, 2.75) is 114 Å². The highest BCUT2D eigenvalue weighted by Crippen LogP contribution is 2.52. The molecule has 2 amide bonds. The number of hydrogen-bond acceptors (Lipinski definition) is 4. The van der Waals surface area contributed by atoms with E-state index in [9.17, 15) is 9.59 Å². The zero-order chi connectivity index (χ0) is 21.1. The Hall–Kier alpha value is -1.14. The molecule has 6 rings (SSSR count). The molecule has 0 radical (unpaired) electrons. The minimum absolute atomic E-state index is 0.120. The molecule has 4 saturated heterocycles. The normalized spacial score (nSPS) is 42.4. The van der Waals surface area contributed by atoms with E-state index in [-0.39, 0.29) is 23.1 Å². The molecule has 4 heterocycles. The first-order valence-electron chi connectivity index (χ1n) is 12.2. The Balaban J connectivity index is 1.14. The first-order valence-corrected chi connectivity index (χ1v) is 12.2. The molecule has 2 aliphatic carbocycles. The summed E-state index contributed by atoms with van der Waals surface area (Å²) in [5.74, 6) is 2.22. The zero-order valence-corrected chi connectivity index (χ0v) is 18.9. The van der Waals surface area contributed by atoms with Crippen LogP contribution in [-0.2, 0) is 14.3 Å². The second-order valence-electron chi connectivity index (χ2n) is 12.0. The second kappa shape index (κ2) is 7.47. The number of amides is 2. The Morgan fingerprint density at radius 2 is 1.60 bits per heavy atom. The molecule has 6 aliphatic rings. The number of hydrogen-bond donors (Lipinski definition) is 2. The van der Waals surface area contributed by atoms with E-state index in [1.54, 1.807) is 0 Å². The molecule has 0 spiro atoms. The largest absolute Gasteiger partial charge is 0.353 e. The second-order valence-corrected chi connectivity index (χ2v) is 12.0. The van der Waals surface area contributed by atoms with Crippen LogP contribution in [0.1, 0.15) is 85.0 Å². The molecule has 3 unspecified atom stereocenters. The highest BCUT2D eigenvalue weighted by Gasteiger charge is 2.53. The summed E-state index contributed by atoms with van der Waals surface area (Å²) in [6.07, 6.45) is 11.1. The fraction of sp³-hybridized carbons (Fsp3) is 0.917. The van der Waals surface area contributed by atoms with Crippen molar-refractivity contribution < 1.29 is 14.3 Å². The number of ether oxygens (including phenoxy) is 1. The molecule has 4 aliphatic heterocycles. The molecule has 6 heteroatoms. The lowest BCUT2D eigenvalue weighted by Gasteiger charge is -2.56. The number of piperidine rings is 1. The maximum absolute atomic E-state index is 13.0. The van der Waals surface area contributed by atoms with Crippen molar-refractivity contribution in [2.24, 2.45) is 17.8 Å². The number of rotatable bonds is 5. The predicted molar refractivity (Wildman–Crippen MR) is 115 cm³/mol. The topological polar surface area (TPSA) is 70.7 Å². The lowest BCUT2D eigenvalue weighted by molar-refractivity contribution is -0.233. The summed E-state index contributed by atoms with van der Waals surface area (Å²) in [5, 5.41) is 6.44. The van der Waals surface area contributed by atoms with Crippen molar-refractivity contribution >= 4 is 11.8 Å². The highest BCUT2D eigenvalue weighted by atomic mass is 16.5. The Kier molecular flexibility index (Phi) is 5.17. The standard InChI is InChI=1S/C24H39N3O3/c1-23(2,3)25-22(29)14-27-18-4-5-19(27)8-15(7-18)11-21(28)26-24-12-16-6-17(13-24)10-20(9-16)30-24/h15-20H,4-14H2,1-3H3,(H,25,29)(H,26,28)/t15?,16?,17?,18-,19+,20?,24?. The van der Waals surface area contributed by atoms with Gasteiger partial charge in [-0.15, -0.1) is 0 Å². The van der Waals surface area contributed by atoms with Gasteiger partial charge in [0.05, 0.1) is 12.6 Å². The van der Waals surface area contributed by atoms with Crippen molar-refractivity contribution in [1.82, 2.24) is 15.5 Å². The monoisotopic (exact) mass is 417 g/mol. The molecule has 2 N–H and O–H groups in total. The van der Waals surface area contributed by atoms with Gasteiger partial charge in [-0.05, 0) is 96.3 Å². The summed E-state index contributed by atoms with van der Waals surface area (Å²) in [7, 11) is 0. The number of nitrogens with zero attached hydrogens (tertiary/aromatic N) is 1. The van der Waals surface area contributed by atoms with Gasteiger partial charge in [-0.25, -0.2) is 0 Å². The molecule has 0 aromatic heterocycles. The molecule has 6 fully saturated rings. The summed E-state index contributed by atoms with van der Waals surface area (Å²) in [6.45, 7) is 6.57. The lowest BCUT2D eigenvalue weighted by atomic mass is 9.65. The van der Waals surface area contributed by atoms with Crippen molar-refractivity contribution in [2.75, 3.05) is 6.54 Å². The van der Waals surface area contributed by atoms with Crippen LogP contribution in [0.25, 0.3) is 0 Å². The van der Waals surface area contributed by atoms with Gasteiger partial charge in [0.15, 0.2) is 0 Å². The van der Waals surface area contributed by atoms with Gasteiger partial charge in [0.1, 0.15) is 5.72 Å². The van der Waals surface area contributed by atoms with Crippen molar-refractivity contribution in [3.05, 3.63) is 0 Å². The minimum atomic E-state index is -0.365. The van der Waals surface area contributed by atoms with Crippen molar-refractivity contribution in [3.8, 4) is 0 Å². The van der Waals surface area contributed by atoms with Gasteiger partial charge >= 0.3 is 0 Å². The average Bonchev–Trinajstić information content (AvgIpc) is 2.81. The van der Waals surface area contributed by atoms with E-state index in [4.69, 9.17) is 4.74 Å². The van der Waals surface area contributed by atoms with Gasteiger partial charge in [-0.2, -0.15) is 0 Å². The number of fused-ring (bicyclic) bond motifs is 2. The number of carbonyl (C=O) groups is 2. The lowest BCUT2D eigenvalue weighted by Crippen LogP contribution is -2.63. The molecule has 5 atom stereocenters. The summed E-state index contributed by atoms with van der Waals surface area (Å²) >= 11 is 0. The molecular weight excluding hydrogens is 378 g/mol. The van der Waals surface area contributed by atoms with Crippen molar-refractivity contribution in [3.63, 3.8) is 0 Å². The van der Waals surface area contributed by atoms with E-state index in [0.717, 1.165) is 50.4 Å². The van der Waals surface area contributed by atoms with Crippen LogP contribution in [0.3, 0.4) is 0 Å². The number of nitrogens with one attached hydrogen (secondary N) is 2. The van der Waals surface area contributed by atoms with Gasteiger partial charge in [0, 0.05) is 24.0 Å². The van der Waals surface area contributed by atoms with Crippen LogP contribution in [0.5, 0.6) is 0 Å². The fourth-order valence-electron chi connectivity index (χ4n) is 7.50. The van der Waals surface area contributed by atoms with Crippen LogP contribution in [0.15, 0.2) is 0 Å². The fourth-order valence-corrected chi connectivity index (χ4v) is 7.50. The van der Waals surface area contributed by atoms with Gasteiger partial charge in [-0.1, -0.05) is 0 Å². The number of carbonyl (C=O) groups excluding carboxylic acids is 2. The summed E-state index contributed by atoms with van der Waals surface area (Å²) in [5.41, 5.74) is -0.553. The molecule has 2 saturated carbocycles. The Bertz CT molecular complexity index is 651. The predicted octanol–water partition coefficient (Wildman–Crippen LogP) is 2.96. The molecular formula is C24H39N3O3. The van der Waals surface area contributed by atoms with E-state index < -0.39 is 0 Å². The van der Waals surface area contributed by atoms with Gasteiger partial charge in [0.25, 0.3) is 0 Å². The SMILES string of the molecule is CC(C)(C)NC(=O)CN1[C@@H]2CC[C@H]1CC(CC(=O)NC13CC4CC(CC(C4)O1)C3)C2. The minimum Gasteiger partial charge on any atom is -0.353 e. The van der Waals surface area contributed by atoms with Gasteiger partial charge in [0.2, 0.25) is 11.8 Å². The van der Waals surface area contributed by atoms with E-state index in [1.807, 2.05) is 20.8 Å². The first kappa shape index (κ1) is 20.7. The average molecular weight is 418 g/mol. The van der Waals surface area contributed by atoms with Crippen LogP contribution < -0.4 is 10.6 Å². The third kappa shape index (κ3) is 4.27. The molecule has 30 heavy (non-hydrogen) atoms. The molecule has 6 nitrogen and oxygen atoms in total. The van der Waals surface area contributed by atoms with Crippen LogP contribution in [-0.4, -0.2) is 52.7 Å². The third-order valence-corrected chi connectivity index (χ3v) is 8.15. The van der Waals surface area contributed by atoms with Crippen LogP contribution >= 0.6 is 0 Å². The maximum Gasteiger partial charge on any atom is 0.234 e. The summed E-state index contributed by atoms with van der Waals surface area (Å²) in [6, 6.07) is 0.895.